The molecule has 1 amide bonds. The maximum atomic E-state index is 13.8. The maximum Gasteiger partial charge on any atom is 0.390 e. The predicted octanol–water partition coefficient (Wildman–Crippen LogP) is 5.26. The Morgan fingerprint density at radius 3 is 2.63 bits per heavy atom. The van der Waals surface area contributed by atoms with E-state index in [4.69, 9.17) is 0 Å². The SMILES string of the molecule is Cc1cc(-c2cnc3c(NCCC(F)(F)F)cc(-c4ccc(F)cc4CO)nn23)ccc1C(=O)NC1CC1. The van der Waals surface area contributed by atoms with Crippen molar-refractivity contribution in [2.24, 2.45) is 0 Å². The molecule has 38 heavy (non-hydrogen) atoms. The summed E-state index contributed by atoms with van der Waals surface area (Å²) in [6.45, 7) is 0.985. The topological polar surface area (TPSA) is 91.6 Å². The lowest BCUT2D eigenvalue weighted by atomic mass is 10.0. The number of hydrogen-bond acceptors (Lipinski definition) is 5. The first-order valence-electron chi connectivity index (χ1n) is 12.1. The van der Waals surface area contributed by atoms with Crippen LogP contribution in [0.25, 0.3) is 28.2 Å². The van der Waals surface area contributed by atoms with Crippen molar-refractivity contribution in [3.05, 3.63) is 71.2 Å². The smallest absolute Gasteiger partial charge is 0.390 e. The van der Waals surface area contributed by atoms with Crippen molar-refractivity contribution in [1.82, 2.24) is 19.9 Å². The van der Waals surface area contributed by atoms with Gasteiger partial charge in [-0.05, 0) is 67.3 Å². The minimum atomic E-state index is -4.34. The number of hydrogen-bond donors (Lipinski definition) is 3. The lowest BCUT2D eigenvalue weighted by molar-refractivity contribution is -0.131. The van der Waals surface area contributed by atoms with Gasteiger partial charge in [0.2, 0.25) is 0 Å². The number of nitrogens with zero attached hydrogens (tertiary/aromatic N) is 3. The number of benzene rings is 2. The van der Waals surface area contributed by atoms with Crippen molar-refractivity contribution >= 4 is 17.2 Å². The number of anilines is 1. The van der Waals surface area contributed by atoms with Crippen LogP contribution < -0.4 is 10.6 Å². The summed E-state index contributed by atoms with van der Waals surface area (Å²) in [4.78, 5) is 17.0. The van der Waals surface area contributed by atoms with Gasteiger partial charge in [-0.15, -0.1) is 0 Å². The highest BCUT2D eigenvalue weighted by Crippen LogP contribution is 2.31. The van der Waals surface area contributed by atoms with Gasteiger partial charge in [0.15, 0.2) is 5.65 Å². The normalized spacial score (nSPS) is 13.6. The van der Waals surface area contributed by atoms with Gasteiger partial charge in [0.1, 0.15) is 5.82 Å². The molecule has 7 nitrogen and oxygen atoms in total. The number of imidazole rings is 1. The van der Waals surface area contributed by atoms with Crippen LogP contribution in [0.4, 0.5) is 23.2 Å². The molecule has 11 heteroatoms. The molecule has 2 aromatic carbocycles. The summed E-state index contributed by atoms with van der Waals surface area (Å²) >= 11 is 0. The average molecular weight is 528 g/mol. The minimum absolute atomic E-state index is 0.140. The second-order valence-corrected chi connectivity index (χ2v) is 9.35. The lowest BCUT2D eigenvalue weighted by Gasteiger charge is -2.14. The van der Waals surface area contributed by atoms with Crippen LogP contribution >= 0.6 is 0 Å². The molecule has 3 N–H and O–H groups in total. The van der Waals surface area contributed by atoms with Gasteiger partial charge >= 0.3 is 6.18 Å². The maximum absolute atomic E-state index is 13.8. The average Bonchev–Trinajstić information content (AvgIpc) is 3.57. The van der Waals surface area contributed by atoms with E-state index in [1.807, 2.05) is 13.0 Å². The largest absolute Gasteiger partial charge is 0.392 e. The molecule has 2 heterocycles. The standard InChI is InChI=1S/C27H25F4N5O2/c1-15-10-16(2-6-20(15)26(38)34-19-4-5-19)24-13-33-25-23(32-9-8-27(29,30)31)12-22(35-36(24)25)21-7-3-18(28)11-17(21)14-37/h2-3,6-7,10-13,19,32,37H,4-5,8-9,14H2,1H3,(H,34,38). The molecule has 5 rings (SSSR count). The third-order valence-corrected chi connectivity index (χ3v) is 6.38. The van der Waals surface area contributed by atoms with Gasteiger partial charge in [-0.2, -0.15) is 18.3 Å². The molecule has 0 bridgehead atoms. The molecule has 1 saturated carbocycles. The van der Waals surface area contributed by atoms with E-state index >= 15 is 0 Å². The van der Waals surface area contributed by atoms with Crippen LogP contribution in [0, 0.1) is 12.7 Å². The van der Waals surface area contributed by atoms with Crippen LogP contribution in [0.15, 0.2) is 48.7 Å². The molecule has 0 saturated heterocycles. The zero-order valence-corrected chi connectivity index (χ0v) is 20.4. The number of aromatic nitrogens is 3. The Hall–Kier alpha value is -3.99. The summed E-state index contributed by atoms with van der Waals surface area (Å²) < 4.78 is 53.7. The number of amides is 1. The van der Waals surface area contributed by atoms with Gasteiger partial charge in [0.05, 0.1) is 36.3 Å². The molecule has 1 fully saturated rings. The summed E-state index contributed by atoms with van der Waals surface area (Å²) in [6, 6.07) is 10.9. The number of carbonyl (C=O) groups is 1. The van der Waals surface area contributed by atoms with Gasteiger partial charge in [0.25, 0.3) is 5.91 Å². The molecular formula is C27H25F4N5O2. The molecule has 1 aliphatic carbocycles. The molecule has 0 radical (unpaired) electrons. The highest BCUT2D eigenvalue weighted by atomic mass is 19.4. The van der Waals surface area contributed by atoms with Crippen LogP contribution in [0.2, 0.25) is 0 Å². The van der Waals surface area contributed by atoms with Crippen LogP contribution in [0.3, 0.4) is 0 Å². The van der Waals surface area contributed by atoms with E-state index in [1.165, 1.54) is 28.8 Å². The Balaban J connectivity index is 1.58. The summed E-state index contributed by atoms with van der Waals surface area (Å²) in [7, 11) is 0. The van der Waals surface area contributed by atoms with E-state index in [9.17, 15) is 27.5 Å². The highest BCUT2D eigenvalue weighted by Gasteiger charge is 2.27. The number of aliphatic hydroxyl groups is 1. The summed E-state index contributed by atoms with van der Waals surface area (Å²) in [5.74, 6) is -0.675. The zero-order chi connectivity index (χ0) is 27.0. The van der Waals surface area contributed by atoms with Crippen LogP contribution in [0.1, 0.15) is 40.7 Å². The van der Waals surface area contributed by atoms with E-state index in [0.29, 0.717) is 39.4 Å². The molecule has 2 aromatic heterocycles. The number of rotatable bonds is 8. The van der Waals surface area contributed by atoms with Gasteiger partial charge in [-0.3, -0.25) is 4.79 Å². The summed E-state index contributed by atoms with van der Waals surface area (Å²) in [6.07, 6.45) is -1.89. The zero-order valence-electron chi connectivity index (χ0n) is 20.4. The molecular weight excluding hydrogens is 502 g/mol. The van der Waals surface area contributed by atoms with Gasteiger partial charge in [-0.25, -0.2) is 13.9 Å². The first-order valence-corrected chi connectivity index (χ1v) is 12.1. The monoisotopic (exact) mass is 527 g/mol. The molecule has 1 aliphatic rings. The molecule has 0 atom stereocenters. The Morgan fingerprint density at radius 1 is 1.16 bits per heavy atom. The number of nitrogens with one attached hydrogen (secondary N) is 2. The van der Waals surface area contributed by atoms with Crippen molar-refractivity contribution in [1.29, 1.82) is 0 Å². The van der Waals surface area contributed by atoms with E-state index < -0.39 is 25.0 Å². The van der Waals surface area contributed by atoms with Crippen LogP contribution in [0.5, 0.6) is 0 Å². The first-order chi connectivity index (χ1) is 18.1. The Kier molecular flexibility index (Phi) is 6.78. The van der Waals surface area contributed by atoms with Gasteiger partial charge in [0, 0.05) is 29.3 Å². The molecule has 198 valence electrons. The minimum Gasteiger partial charge on any atom is -0.392 e. The predicted molar refractivity (Wildman–Crippen MR) is 134 cm³/mol. The van der Waals surface area contributed by atoms with E-state index in [1.54, 1.807) is 18.3 Å². The number of carbonyl (C=O) groups excluding carboxylic acids is 1. The van der Waals surface area contributed by atoms with Crippen molar-refractivity contribution in [2.75, 3.05) is 11.9 Å². The second kappa shape index (κ2) is 10.1. The van der Waals surface area contributed by atoms with Gasteiger partial charge in [-0.1, -0.05) is 6.07 Å². The Labute approximate surface area is 215 Å². The fourth-order valence-electron chi connectivity index (χ4n) is 4.28. The number of halogens is 4. The second-order valence-electron chi connectivity index (χ2n) is 9.35. The lowest BCUT2D eigenvalue weighted by Crippen LogP contribution is -2.26. The Morgan fingerprint density at radius 2 is 1.95 bits per heavy atom. The van der Waals surface area contributed by atoms with Crippen molar-refractivity contribution in [3.8, 4) is 22.5 Å². The Bertz CT molecular complexity index is 1510. The number of fused-ring (bicyclic) bond motifs is 1. The number of alkyl halides is 3. The van der Waals surface area contributed by atoms with E-state index in [0.717, 1.165) is 18.4 Å². The number of aliphatic hydroxyl groups excluding tert-OH is 1. The fourth-order valence-corrected chi connectivity index (χ4v) is 4.28. The van der Waals surface area contributed by atoms with Crippen molar-refractivity contribution < 1.29 is 27.5 Å². The molecule has 4 aromatic rings. The third kappa shape index (κ3) is 5.47. The van der Waals surface area contributed by atoms with Crippen molar-refractivity contribution in [3.63, 3.8) is 0 Å². The highest BCUT2D eigenvalue weighted by molar-refractivity contribution is 5.96. The summed E-state index contributed by atoms with van der Waals surface area (Å²) in [5, 5.41) is 20.2. The summed E-state index contributed by atoms with van der Waals surface area (Å²) in [5.41, 5.74) is 4.17. The quantitative estimate of drug-likeness (QED) is 0.272. The molecule has 0 unspecified atom stereocenters. The number of aryl methyl sites for hydroxylation is 1. The van der Waals surface area contributed by atoms with Gasteiger partial charge < -0.3 is 15.7 Å². The van der Waals surface area contributed by atoms with E-state index in [2.05, 4.69) is 20.7 Å². The first kappa shape index (κ1) is 25.7. The van der Waals surface area contributed by atoms with E-state index in [-0.39, 0.29) is 24.1 Å². The van der Waals surface area contributed by atoms with Crippen LogP contribution in [-0.4, -0.2) is 44.4 Å². The third-order valence-electron chi connectivity index (χ3n) is 6.38. The fraction of sp³-hybridized carbons (Fsp3) is 0.296. The molecule has 0 aliphatic heterocycles. The molecule has 0 spiro atoms. The van der Waals surface area contributed by atoms with Crippen molar-refractivity contribution in [2.45, 2.75) is 45.0 Å². The van der Waals surface area contributed by atoms with Crippen LogP contribution in [-0.2, 0) is 6.61 Å².